The van der Waals surface area contributed by atoms with Gasteiger partial charge in [-0.15, -0.1) is 0 Å². The van der Waals surface area contributed by atoms with Gasteiger partial charge in [-0.3, -0.25) is 14.5 Å². The van der Waals surface area contributed by atoms with Crippen molar-refractivity contribution < 1.29 is 28.8 Å². The number of hydrogen-bond donors (Lipinski definition) is 1. The molecule has 4 rings (SSSR count). The minimum absolute atomic E-state index is 0.0556. The number of ether oxygens (including phenoxy) is 1. The SMILES string of the molecule is CC(C)(C)OC(=O)N1CC(CONC(=O)C2CCC3CN2C(=O)N3OCc2ccccc2)C1. The van der Waals surface area contributed by atoms with Crippen LogP contribution < -0.4 is 5.48 Å². The van der Waals surface area contributed by atoms with Gasteiger partial charge in [-0.1, -0.05) is 30.3 Å². The number of nitrogens with zero attached hydrogens (tertiary/aromatic N) is 3. The smallest absolute Gasteiger partial charge is 0.410 e. The lowest BCUT2D eigenvalue weighted by atomic mass is 10.0. The fourth-order valence-electron chi connectivity index (χ4n) is 4.24. The first-order valence-electron chi connectivity index (χ1n) is 11.4. The Morgan fingerprint density at radius 3 is 2.52 bits per heavy atom. The molecule has 3 saturated heterocycles. The van der Waals surface area contributed by atoms with Crippen LogP contribution in [-0.4, -0.2) is 76.8 Å². The van der Waals surface area contributed by atoms with Crippen LogP contribution in [0.15, 0.2) is 30.3 Å². The summed E-state index contributed by atoms with van der Waals surface area (Å²) in [5.41, 5.74) is 2.93. The lowest BCUT2D eigenvalue weighted by Crippen LogP contribution is -2.54. The summed E-state index contributed by atoms with van der Waals surface area (Å²) in [6.45, 7) is 7.58. The third-order valence-electron chi connectivity index (χ3n) is 5.94. The molecule has 1 aromatic rings. The summed E-state index contributed by atoms with van der Waals surface area (Å²) in [5, 5.41) is 1.40. The molecule has 2 unspecified atom stereocenters. The number of urea groups is 1. The fourth-order valence-corrected chi connectivity index (χ4v) is 4.24. The number of fused-ring (bicyclic) bond motifs is 2. The van der Waals surface area contributed by atoms with Crippen LogP contribution >= 0.6 is 0 Å². The minimum atomic E-state index is -0.585. The highest BCUT2D eigenvalue weighted by Gasteiger charge is 2.48. The van der Waals surface area contributed by atoms with E-state index in [0.29, 0.717) is 45.7 Å². The molecule has 0 aliphatic carbocycles. The third kappa shape index (κ3) is 5.56. The summed E-state index contributed by atoms with van der Waals surface area (Å²) < 4.78 is 5.33. The van der Waals surface area contributed by atoms with Crippen molar-refractivity contribution in [3.05, 3.63) is 35.9 Å². The molecule has 3 fully saturated rings. The number of carbonyl (C=O) groups is 3. The van der Waals surface area contributed by atoms with Gasteiger partial charge in [0.15, 0.2) is 0 Å². The number of hydroxylamine groups is 3. The second-order valence-electron chi connectivity index (χ2n) is 9.80. The largest absolute Gasteiger partial charge is 0.444 e. The Morgan fingerprint density at radius 1 is 1.09 bits per heavy atom. The first-order valence-corrected chi connectivity index (χ1v) is 11.4. The molecular weight excluding hydrogens is 428 g/mol. The van der Waals surface area contributed by atoms with E-state index in [0.717, 1.165) is 5.56 Å². The number of carbonyl (C=O) groups excluding carboxylic acids is 3. The van der Waals surface area contributed by atoms with Crippen molar-refractivity contribution in [3.8, 4) is 0 Å². The topological polar surface area (TPSA) is 101 Å². The van der Waals surface area contributed by atoms with Crippen LogP contribution in [-0.2, 0) is 25.8 Å². The van der Waals surface area contributed by atoms with Crippen LogP contribution in [0.25, 0.3) is 0 Å². The molecule has 10 heteroatoms. The van der Waals surface area contributed by atoms with Gasteiger partial charge < -0.3 is 14.5 Å². The number of piperidine rings is 1. The molecule has 2 atom stereocenters. The highest BCUT2D eigenvalue weighted by molar-refractivity contribution is 5.88. The molecular formula is C23H32N4O6. The van der Waals surface area contributed by atoms with E-state index in [-0.39, 0.29) is 30.0 Å². The van der Waals surface area contributed by atoms with E-state index in [1.165, 1.54) is 5.06 Å². The standard InChI is InChI=1S/C23H32N4O6/c1-23(2,3)33-22(30)25-11-17(12-25)14-31-24-20(28)19-10-9-18-13-26(19)21(29)27(18)32-15-16-7-5-4-6-8-16/h4-8,17-19H,9-15H2,1-3H3,(H,24,28). The summed E-state index contributed by atoms with van der Waals surface area (Å²) in [6, 6.07) is 8.72. The second kappa shape index (κ2) is 9.56. The number of amides is 4. The van der Waals surface area contributed by atoms with Gasteiger partial charge in [-0.2, -0.15) is 5.06 Å². The van der Waals surface area contributed by atoms with Gasteiger partial charge in [0.1, 0.15) is 18.2 Å². The number of hydrogen-bond acceptors (Lipinski definition) is 6. The maximum atomic E-state index is 12.8. The van der Waals surface area contributed by atoms with Crippen LogP contribution in [0, 0.1) is 5.92 Å². The van der Waals surface area contributed by atoms with Gasteiger partial charge in [0.05, 0.1) is 12.6 Å². The Hall–Kier alpha value is -2.85. The Labute approximate surface area is 193 Å². The van der Waals surface area contributed by atoms with Gasteiger partial charge in [0.2, 0.25) is 0 Å². The molecule has 0 saturated carbocycles. The maximum Gasteiger partial charge on any atom is 0.410 e. The van der Waals surface area contributed by atoms with E-state index in [1.807, 2.05) is 51.1 Å². The van der Waals surface area contributed by atoms with Gasteiger partial charge in [0.25, 0.3) is 5.91 Å². The average Bonchev–Trinajstić information content (AvgIpc) is 2.97. The van der Waals surface area contributed by atoms with E-state index < -0.39 is 11.6 Å². The van der Waals surface area contributed by atoms with Crippen molar-refractivity contribution in [2.24, 2.45) is 5.92 Å². The number of likely N-dealkylation sites (tertiary alicyclic amines) is 1. The quantitative estimate of drug-likeness (QED) is 0.627. The molecule has 180 valence electrons. The molecule has 4 amide bonds. The van der Waals surface area contributed by atoms with Gasteiger partial charge in [0, 0.05) is 25.6 Å². The van der Waals surface area contributed by atoms with E-state index in [2.05, 4.69) is 5.48 Å². The Balaban J connectivity index is 1.18. The number of benzene rings is 1. The van der Waals surface area contributed by atoms with Crippen molar-refractivity contribution in [2.45, 2.75) is 57.9 Å². The second-order valence-corrected chi connectivity index (χ2v) is 9.80. The van der Waals surface area contributed by atoms with Gasteiger partial charge in [-0.25, -0.2) is 15.1 Å². The predicted molar refractivity (Wildman–Crippen MR) is 117 cm³/mol. The zero-order valence-corrected chi connectivity index (χ0v) is 19.4. The summed E-state index contributed by atoms with van der Waals surface area (Å²) in [6.07, 6.45) is 0.890. The summed E-state index contributed by atoms with van der Waals surface area (Å²) >= 11 is 0. The third-order valence-corrected chi connectivity index (χ3v) is 5.94. The first-order chi connectivity index (χ1) is 15.7. The summed E-state index contributed by atoms with van der Waals surface area (Å²) in [7, 11) is 0. The average molecular weight is 461 g/mol. The van der Waals surface area contributed by atoms with Crippen LogP contribution in [0.5, 0.6) is 0 Å². The highest BCUT2D eigenvalue weighted by Crippen LogP contribution is 2.30. The molecule has 0 radical (unpaired) electrons. The molecule has 1 aromatic carbocycles. The number of rotatable bonds is 7. The molecule has 1 N–H and O–H groups in total. The van der Waals surface area contributed by atoms with E-state index >= 15 is 0 Å². The van der Waals surface area contributed by atoms with Crippen molar-refractivity contribution in [3.63, 3.8) is 0 Å². The van der Waals surface area contributed by atoms with E-state index in [1.54, 1.807) is 9.80 Å². The Kier molecular flexibility index (Phi) is 6.76. The molecule has 3 aliphatic rings. The van der Waals surface area contributed by atoms with Crippen LogP contribution in [0.1, 0.15) is 39.2 Å². The lowest BCUT2D eigenvalue weighted by Gasteiger charge is -2.39. The predicted octanol–water partition coefficient (Wildman–Crippen LogP) is 2.30. The summed E-state index contributed by atoms with van der Waals surface area (Å²) in [5.74, 6) is -0.209. The Morgan fingerprint density at radius 2 is 1.82 bits per heavy atom. The van der Waals surface area contributed by atoms with Crippen molar-refractivity contribution >= 4 is 18.0 Å². The molecule has 3 aliphatic heterocycles. The minimum Gasteiger partial charge on any atom is -0.444 e. The molecule has 0 aromatic heterocycles. The molecule has 33 heavy (non-hydrogen) atoms. The summed E-state index contributed by atoms with van der Waals surface area (Å²) in [4.78, 5) is 51.8. The maximum absolute atomic E-state index is 12.8. The molecule has 2 bridgehead atoms. The molecule has 0 spiro atoms. The zero-order chi connectivity index (χ0) is 23.6. The van der Waals surface area contributed by atoms with Crippen LogP contribution in [0.3, 0.4) is 0 Å². The molecule has 10 nitrogen and oxygen atoms in total. The van der Waals surface area contributed by atoms with Gasteiger partial charge >= 0.3 is 12.1 Å². The van der Waals surface area contributed by atoms with Crippen molar-refractivity contribution in [1.82, 2.24) is 20.3 Å². The van der Waals surface area contributed by atoms with Crippen molar-refractivity contribution in [2.75, 3.05) is 26.2 Å². The monoisotopic (exact) mass is 460 g/mol. The Bertz CT molecular complexity index is 867. The lowest BCUT2D eigenvalue weighted by molar-refractivity contribution is -0.142. The fraction of sp³-hybridized carbons (Fsp3) is 0.609. The first kappa shape index (κ1) is 23.3. The number of nitrogens with one attached hydrogen (secondary N) is 1. The normalized spacial score (nSPS) is 22.9. The van der Waals surface area contributed by atoms with Gasteiger partial charge in [-0.05, 0) is 39.2 Å². The van der Waals surface area contributed by atoms with E-state index in [9.17, 15) is 14.4 Å². The zero-order valence-electron chi connectivity index (χ0n) is 19.4. The van der Waals surface area contributed by atoms with Crippen LogP contribution in [0.4, 0.5) is 9.59 Å². The van der Waals surface area contributed by atoms with Crippen molar-refractivity contribution in [1.29, 1.82) is 0 Å². The molecule has 3 heterocycles. The van der Waals surface area contributed by atoms with Crippen LogP contribution in [0.2, 0.25) is 0 Å². The highest BCUT2D eigenvalue weighted by atomic mass is 16.7. The van der Waals surface area contributed by atoms with E-state index in [4.69, 9.17) is 14.4 Å².